The van der Waals surface area contributed by atoms with E-state index in [4.69, 9.17) is 14.7 Å². The fraction of sp³-hybridized carbons (Fsp3) is 0.0667. The van der Waals surface area contributed by atoms with E-state index in [1.165, 1.54) is 12.1 Å². The standard InChI is InChI=1S/C30H21FN4O4S/c1-38-23-9-4-20(5-10-23)35(21-6-11-24(39-2)12-7-21)22-8-14-25(27(31)16-22)26-13-3-18(15-19(17-32)30(36)37)28-29(26)40-34-33-28/h3-16H,1-2H3,(H,36,37). The topological polar surface area (TPSA) is 109 Å². The molecule has 4 aromatic carbocycles. The molecule has 198 valence electrons. The minimum atomic E-state index is -1.34. The molecule has 0 saturated carbocycles. The van der Waals surface area contributed by atoms with Crippen LogP contribution in [0.2, 0.25) is 0 Å². The predicted octanol–water partition coefficient (Wildman–Crippen LogP) is 6.98. The van der Waals surface area contributed by atoms with Gasteiger partial charge < -0.3 is 19.5 Å². The molecule has 0 unspecified atom stereocenters. The van der Waals surface area contributed by atoms with Crippen molar-refractivity contribution in [3.8, 4) is 28.7 Å². The number of fused-ring (bicyclic) bond motifs is 1. The second kappa shape index (κ2) is 11.2. The number of halogens is 1. The van der Waals surface area contributed by atoms with E-state index in [1.54, 1.807) is 38.5 Å². The minimum absolute atomic E-state index is 0.332. The maximum Gasteiger partial charge on any atom is 0.346 e. The summed E-state index contributed by atoms with van der Waals surface area (Å²) in [6.45, 7) is 0. The van der Waals surface area contributed by atoms with E-state index in [9.17, 15) is 9.90 Å². The average Bonchev–Trinajstić information content (AvgIpc) is 3.48. The second-order valence-electron chi connectivity index (χ2n) is 8.52. The summed E-state index contributed by atoms with van der Waals surface area (Å²) in [7, 11) is 3.19. The van der Waals surface area contributed by atoms with Gasteiger partial charge in [0.05, 0.1) is 18.9 Å². The zero-order valence-corrected chi connectivity index (χ0v) is 22.1. The maximum atomic E-state index is 15.8. The molecule has 1 heterocycles. The highest BCUT2D eigenvalue weighted by Gasteiger charge is 2.19. The molecule has 1 N–H and O–H groups in total. The number of carboxylic acids is 1. The van der Waals surface area contributed by atoms with Gasteiger partial charge in [-0.05, 0) is 84.3 Å². The van der Waals surface area contributed by atoms with Crippen molar-refractivity contribution in [3.63, 3.8) is 0 Å². The zero-order valence-electron chi connectivity index (χ0n) is 21.3. The van der Waals surface area contributed by atoms with Gasteiger partial charge in [-0.2, -0.15) is 5.26 Å². The first kappa shape index (κ1) is 26.3. The highest BCUT2D eigenvalue weighted by molar-refractivity contribution is 7.13. The maximum absolute atomic E-state index is 15.8. The molecular weight excluding hydrogens is 531 g/mol. The molecule has 0 aliphatic carbocycles. The molecular formula is C30H21FN4O4S. The Balaban J connectivity index is 1.59. The largest absolute Gasteiger partial charge is 0.497 e. The normalized spacial score (nSPS) is 11.2. The van der Waals surface area contributed by atoms with Gasteiger partial charge in [-0.3, -0.25) is 0 Å². The summed E-state index contributed by atoms with van der Waals surface area (Å²) < 4.78 is 31.0. The number of ether oxygens (including phenoxy) is 2. The Kier molecular flexibility index (Phi) is 7.39. The van der Waals surface area contributed by atoms with Gasteiger partial charge in [0.25, 0.3) is 0 Å². The van der Waals surface area contributed by atoms with Crippen LogP contribution in [-0.2, 0) is 4.79 Å². The van der Waals surface area contributed by atoms with Gasteiger partial charge in [-0.15, -0.1) is 5.10 Å². The van der Waals surface area contributed by atoms with Crippen LogP contribution in [-0.4, -0.2) is 34.9 Å². The van der Waals surface area contributed by atoms with Crippen LogP contribution >= 0.6 is 11.5 Å². The molecule has 0 saturated heterocycles. The number of rotatable bonds is 8. The molecule has 8 nitrogen and oxygen atoms in total. The van der Waals surface area contributed by atoms with Crippen molar-refractivity contribution in [3.05, 3.63) is 95.8 Å². The van der Waals surface area contributed by atoms with Crippen molar-refractivity contribution < 1.29 is 23.8 Å². The first-order valence-electron chi connectivity index (χ1n) is 11.9. The molecule has 5 aromatic rings. The van der Waals surface area contributed by atoms with Crippen molar-refractivity contribution in [2.45, 2.75) is 0 Å². The van der Waals surface area contributed by atoms with E-state index in [0.29, 0.717) is 44.1 Å². The quantitative estimate of drug-likeness (QED) is 0.162. The number of methoxy groups -OCH3 is 2. The number of benzene rings is 4. The van der Waals surface area contributed by atoms with Gasteiger partial charge in [0, 0.05) is 33.8 Å². The molecule has 0 aliphatic rings. The smallest absolute Gasteiger partial charge is 0.346 e. The fourth-order valence-electron chi connectivity index (χ4n) is 4.28. The number of hydrogen-bond donors (Lipinski definition) is 1. The van der Waals surface area contributed by atoms with Crippen molar-refractivity contribution in [1.29, 1.82) is 5.26 Å². The summed E-state index contributed by atoms with van der Waals surface area (Å²) in [5, 5.41) is 22.5. The van der Waals surface area contributed by atoms with E-state index in [1.807, 2.05) is 59.5 Å². The van der Waals surface area contributed by atoms with E-state index < -0.39 is 17.4 Å². The van der Waals surface area contributed by atoms with E-state index >= 15 is 4.39 Å². The zero-order chi connectivity index (χ0) is 28.2. The van der Waals surface area contributed by atoms with Crippen LogP contribution in [0.4, 0.5) is 21.5 Å². The van der Waals surface area contributed by atoms with Gasteiger partial charge in [0.2, 0.25) is 0 Å². The minimum Gasteiger partial charge on any atom is -0.497 e. The molecule has 5 rings (SSSR count). The molecule has 1 aromatic heterocycles. The van der Waals surface area contributed by atoms with Crippen molar-refractivity contribution >= 4 is 50.9 Å². The SMILES string of the molecule is COc1ccc(N(c2ccc(OC)cc2)c2ccc(-c3ccc(C=C(C#N)C(=O)O)c4nnsc34)c(F)c2)cc1. The number of nitriles is 1. The number of carbonyl (C=O) groups is 1. The lowest BCUT2D eigenvalue weighted by Crippen LogP contribution is -2.10. The van der Waals surface area contributed by atoms with Crippen molar-refractivity contribution in [2.75, 3.05) is 19.1 Å². The van der Waals surface area contributed by atoms with Crippen LogP contribution in [0, 0.1) is 17.1 Å². The van der Waals surface area contributed by atoms with Crippen molar-refractivity contribution in [2.24, 2.45) is 0 Å². The molecule has 0 bridgehead atoms. The van der Waals surface area contributed by atoms with Gasteiger partial charge in [-0.1, -0.05) is 16.6 Å². The summed E-state index contributed by atoms with van der Waals surface area (Å²) in [4.78, 5) is 13.2. The van der Waals surface area contributed by atoms with Crippen LogP contribution in [0.25, 0.3) is 27.4 Å². The Hall–Kier alpha value is -5.27. The molecule has 0 atom stereocenters. The molecule has 40 heavy (non-hydrogen) atoms. The van der Waals surface area contributed by atoms with Crippen LogP contribution in [0.1, 0.15) is 5.56 Å². The molecule has 0 spiro atoms. The van der Waals surface area contributed by atoms with Crippen molar-refractivity contribution in [1.82, 2.24) is 9.59 Å². The Labute approximate surface area is 232 Å². The summed E-state index contributed by atoms with van der Waals surface area (Å²) in [5.74, 6) is -0.412. The van der Waals surface area contributed by atoms with E-state index in [2.05, 4.69) is 9.59 Å². The third-order valence-electron chi connectivity index (χ3n) is 6.25. The Morgan fingerprint density at radius 2 is 1.50 bits per heavy atom. The number of aromatic nitrogens is 2. The first-order chi connectivity index (χ1) is 19.4. The van der Waals surface area contributed by atoms with Gasteiger partial charge >= 0.3 is 5.97 Å². The number of hydrogen-bond acceptors (Lipinski definition) is 8. The lowest BCUT2D eigenvalue weighted by molar-refractivity contribution is -0.132. The average molecular weight is 553 g/mol. The summed E-state index contributed by atoms with van der Waals surface area (Å²) in [6, 6.07) is 24.8. The Bertz CT molecular complexity index is 1730. The monoisotopic (exact) mass is 552 g/mol. The summed E-state index contributed by atoms with van der Waals surface area (Å²) in [6.07, 6.45) is 1.23. The number of carboxylic acid groups (broad SMARTS) is 1. The Morgan fingerprint density at radius 3 is 2.02 bits per heavy atom. The lowest BCUT2D eigenvalue weighted by Gasteiger charge is -2.26. The lowest BCUT2D eigenvalue weighted by atomic mass is 10.0. The van der Waals surface area contributed by atoms with Crippen LogP contribution in [0.3, 0.4) is 0 Å². The van der Waals surface area contributed by atoms with Crippen LogP contribution in [0.5, 0.6) is 11.5 Å². The fourth-order valence-corrected chi connectivity index (χ4v) is 5.01. The predicted molar refractivity (Wildman–Crippen MR) is 152 cm³/mol. The van der Waals surface area contributed by atoms with Gasteiger partial charge in [-0.25, -0.2) is 9.18 Å². The highest BCUT2D eigenvalue weighted by Crippen LogP contribution is 2.40. The highest BCUT2D eigenvalue weighted by atomic mass is 32.1. The summed E-state index contributed by atoms with van der Waals surface area (Å²) >= 11 is 1.06. The Morgan fingerprint density at radius 1 is 0.925 bits per heavy atom. The number of aliphatic carboxylic acids is 1. The molecule has 0 amide bonds. The first-order valence-corrected chi connectivity index (χ1v) is 12.7. The second-order valence-corrected chi connectivity index (χ2v) is 9.28. The number of nitrogens with zero attached hydrogens (tertiary/aromatic N) is 4. The summed E-state index contributed by atoms with van der Waals surface area (Å²) in [5.41, 5.74) is 3.44. The van der Waals surface area contributed by atoms with Gasteiger partial charge in [0.15, 0.2) is 0 Å². The van der Waals surface area contributed by atoms with E-state index in [-0.39, 0.29) is 0 Å². The third kappa shape index (κ3) is 5.06. The molecule has 10 heteroatoms. The molecule has 0 aliphatic heterocycles. The molecule has 0 fully saturated rings. The number of anilines is 3. The van der Waals surface area contributed by atoms with Gasteiger partial charge in [0.1, 0.15) is 34.5 Å². The van der Waals surface area contributed by atoms with Crippen LogP contribution in [0.15, 0.2) is 84.4 Å². The van der Waals surface area contributed by atoms with E-state index in [0.717, 1.165) is 22.9 Å². The third-order valence-corrected chi connectivity index (χ3v) is 7.01. The molecule has 0 radical (unpaired) electrons. The van der Waals surface area contributed by atoms with Crippen LogP contribution < -0.4 is 14.4 Å².